The number of aliphatic hydroxyl groups excluding tert-OH is 1. The number of hydrogen-bond donors (Lipinski definition) is 2. The monoisotopic (exact) mass is 280 g/mol. The van der Waals surface area contributed by atoms with Crippen LogP contribution in [0, 0.1) is 5.92 Å². The van der Waals surface area contributed by atoms with E-state index in [1.165, 1.54) is 0 Å². The molecule has 112 valence electrons. The molecule has 1 aromatic rings. The maximum absolute atomic E-state index is 11.9. The highest BCUT2D eigenvalue weighted by Gasteiger charge is 2.16. The van der Waals surface area contributed by atoms with Gasteiger partial charge in [-0.25, -0.2) is 0 Å². The lowest BCUT2D eigenvalue weighted by atomic mass is 10.0. The summed E-state index contributed by atoms with van der Waals surface area (Å²) in [7, 11) is 0. The number of amides is 1. The van der Waals surface area contributed by atoms with Crippen LogP contribution in [0.15, 0.2) is 24.5 Å². The standard InChI is InChI=1S/C15H24N2O3/c1-11(2)9-20-10-14(18)8-17-15(19)12(3)13-5-4-6-16-7-13/h4-7,11-12,14,18H,8-10H2,1-3H3,(H,17,19). The van der Waals surface area contributed by atoms with Crippen LogP contribution in [0.25, 0.3) is 0 Å². The third-order valence-corrected chi connectivity index (χ3v) is 2.85. The summed E-state index contributed by atoms with van der Waals surface area (Å²) in [6.45, 7) is 6.94. The number of aliphatic hydroxyl groups is 1. The maximum Gasteiger partial charge on any atom is 0.227 e. The zero-order chi connectivity index (χ0) is 15.0. The van der Waals surface area contributed by atoms with Crippen LogP contribution >= 0.6 is 0 Å². The van der Waals surface area contributed by atoms with Crippen molar-refractivity contribution in [1.82, 2.24) is 10.3 Å². The van der Waals surface area contributed by atoms with Crippen LogP contribution in [0.1, 0.15) is 32.3 Å². The number of hydrogen-bond acceptors (Lipinski definition) is 4. The highest BCUT2D eigenvalue weighted by atomic mass is 16.5. The number of carbonyl (C=O) groups excluding carboxylic acids is 1. The molecule has 0 saturated carbocycles. The first-order chi connectivity index (χ1) is 9.50. The second-order valence-corrected chi connectivity index (χ2v) is 5.34. The van der Waals surface area contributed by atoms with E-state index in [0.717, 1.165) is 5.56 Å². The summed E-state index contributed by atoms with van der Waals surface area (Å²) in [6, 6.07) is 3.66. The number of aromatic nitrogens is 1. The van der Waals surface area contributed by atoms with Crippen LogP contribution in [-0.4, -0.2) is 41.9 Å². The van der Waals surface area contributed by atoms with E-state index in [-0.39, 0.29) is 25.0 Å². The van der Waals surface area contributed by atoms with E-state index < -0.39 is 6.10 Å². The van der Waals surface area contributed by atoms with E-state index in [4.69, 9.17) is 4.74 Å². The second-order valence-electron chi connectivity index (χ2n) is 5.34. The molecule has 0 radical (unpaired) electrons. The van der Waals surface area contributed by atoms with Gasteiger partial charge in [0.25, 0.3) is 0 Å². The Morgan fingerprint density at radius 2 is 2.15 bits per heavy atom. The molecule has 0 aliphatic heterocycles. The zero-order valence-corrected chi connectivity index (χ0v) is 12.4. The molecular weight excluding hydrogens is 256 g/mol. The summed E-state index contributed by atoms with van der Waals surface area (Å²) in [4.78, 5) is 15.9. The first-order valence-corrected chi connectivity index (χ1v) is 6.94. The zero-order valence-electron chi connectivity index (χ0n) is 12.4. The summed E-state index contributed by atoms with van der Waals surface area (Å²) in [5.74, 6) is 0.0239. The van der Waals surface area contributed by atoms with Crippen LogP contribution in [-0.2, 0) is 9.53 Å². The van der Waals surface area contributed by atoms with Crippen LogP contribution < -0.4 is 5.32 Å². The van der Waals surface area contributed by atoms with E-state index >= 15 is 0 Å². The Balaban J connectivity index is 2.29. The molecule has 5 heteroatoms. The Bertz CT molecular complexity index is 395. The molecule has 5 nitrogen and oxygen atoms in total. The minimum atomic E-state index is -0.682. The molecule has 20 heavy (non-hydrogen) atoms. The van der Waals surface area contributed by atoms with E-state index in [9.17, 15) is 9.90 Å². The Hall–Kier alpha value is -1.46. The molecule has 0 aromatic carbocycles. The minimum absolute atomic E-state index is 0.124. The summed E-state index contributed by atoms with van der Waals surface area (Å²) in [5, 5.41) is 12.4. The van der Waals surface area contributed by atoms with Crippen LogP contribution in [0.4, 0.5) is 0 Å². The van der Waals surface area contributed by atoms with E-state index in [1.54, 1.807) is 18.5 Å². The molecule has 0 fully saturated rings. The highest BCUT2D eigenvalue weighted by Crippen LogP contribution is 2.13. The quantitative estimate of drug-likeness (QED) is 0.753. The highest BCUT2D eigenvalue weighted by molar-refractivity contribution is 5.83. The normalized spacial score (nSPS) is 14.1. The van der Waals surface area contributed by atoms with Gasteiger partial charge in [-0.2, -0.15) is 0 Å². The fourth-order valence-electron chi connectivity index (χ4n) is 1.65. The van der Waals surface area contributed by atoms with Gasteiger partial charge < -0.3 is 15.2 Å². The van der Waals surface area contributed by atoms with Crippen molar-refractivity contribution in [3.8, 4) is 0 Å². The van der Waals surface area contributed by atoms with E-state index in [0.29, 0.717) is 12.5 Å². The number of nitrogens with one attached hydrogen (secondary N) is 1. The molecule has 1 aromatic heterocycles. The van der Waals surface area contributed by atoms with E-state index in [1.807, 2.05) is 26.8 Å². The predicted octanol–water partition coefficient (Wildman–Crippen LogP) is 1.33. The molecule has 0 aliphatic carbocycles. The van der Waals surface area contributed by atoms with Gasteiger partial charge in [-0.3, -0.25) is 9.78 Å². The largest absolute Gasteiger partial charge is 0.389 e. The maximum atomic E-state index is 11.9. The summed E-state index contributed by atoms with van der Waals surface area (Å²) >= 11 is 0. The molecule has 1 rings (SSSR count). The van der Waals surface area contributed by atoms with Crippen molar-refractivity contribution < 1.29 is 14.6 Å². The Morgan fingerprint density at radius 3 is 2.75 bits per heavy atom. The molecule has 0 bridgehead atoms. The molecule has 2 atom stereocenters. The average Bonchev–Trinajstić information content (AvgIpc) is 2.44. The van der Waals surface area contributed by atoms with Crippen LogP contribution in [0.5, 0.6) is 0 Å². The van der Waals surface area contributed by atoms with Gasteiger partial charge >= 0.3 is 0 Å². The van der Waals surface area contributed by atoms with Gasteiger partial charge in [0.1, 0.15) is 0 Å². The molecule has 0 aliphatic rings. The Kier molecular flexibility index (Phi) is 7.18. The Labute approximate surface area is 120 Å². The van der Waals surface area contributed by atoms with Gasteiger partial charge in [-0.1, -0.05) is 19.9 Å². The number of carbonyl (C=O) groups is 1. The van der Waals surface area contributed by atoms with Crippen molar-refractivity contribution in [1.29, 1.82) is 0 Å². The van der Waals surface area contributed by atoms with Gasteiger partial charge in [-0.15, -0.1) is 0 Å². The van der Waals surface area contributed by atoms with Crippen molar-refractivity contribution in [3.05, 3.63) is 30.1 Å². The molecule has 0 spiro atoms. The molecule has 2 unspecified atom stereocenters. The minimum Gasteiger partial charge on any atom is -0.389 e. The second kappa shape index (κ2) is 8.66. The smallest absolute Gasteiger partial charge is 0.227 e. The summed E-state index contributed by atoms with van der Waals surface area (Å²) < 4.78 is 5.32. The van der Waals surface area contributed by atoms with Gasteiger partial charge in [0.05, 0.1) is 18.6 Å². The van der Waals surface area contributed by atoms with Gasteiger partial charge in [-0.05, 0) is 24.5 Å². The number of ether oxygens (including phenoxy) is 1. The fraction of sp³-hybridized carbons (Fsp3) is 0.600. The van der Waals surface area contributed by atoms with Crippen molar-refractivity contribution in [2.75, 3.05) is 19.8 Å². The molecule has 2 N–H and O–H groups in total. The number of rotatable bonds is 8. The third kappa shape index (κ3) is 6.12. The summed E-state index contributed by atoms with van der Waals surface area (Å²) in [5.41, 5.74) is 0.857. The number of pyridine rings is 1. The van der Waals surface area contributed by atoms with Gasteiger partial charge in [0.15, 0.2) is 0 Å². The lowest BCUT2D eigenvalue weighted by Crippen LogP contribution is -2.36. The van der Waals surface area contributed by atoms with Gasteiger partial charge in [0, 0.05) is 25.5 Å². The van der Waals surface area contributed by atoms with Crippen molar-refractivity contribution in [3.63, 3.8) is 0 Å². The topological polar surface area (TPSA) is 71.5 Å². The molecule has 0 saturated heterocycles. The van der Waals surface area contributed by atoms with Crippen molar-refractivity contribution >= 4 is 5.91 Å². The first-order valence-electron chi connectivity index (χ1n) is 6.94. The molecule has 1 heterocycles. The van der Waals surface area contributed by atoms with Crippen LogP contribution in [0.2, 0.25) is 0 Å². The fourth-order valence-corrected chi connectivity index (χ4v) is 1.65. The molecule has 1 amide bonds. The average molecular weight is 280 g/mol. The third-order valence-electron chi connectivity index (χ3n) is 2.85. The lowest BCUT2D eigenvalue weighted by molar-refractivity contribution is -0.122. The predicted molar refractivity (Wildman–Crippen MR) is 77.3 cm³/mol. The van der Waals surface area contributed by atoms with Crippen molar-refractivity contribution in [2.45, 2.75) is 32.8 Å². The Morgan fingerprint density at radius 1 is 1.40 bits per heavy atom. The van der Waals surface area contributed by atoms with Crippen LogP contribution in [0.3, 0.4) is 0 Å². The lowest BCUT2D eigenvalue weighted by Gasteiger charge is -2.16. The van der Waals surface area contributed by atoms with Crippen molar-refractivity contribution in [2.24, 2.45) is 5.92 Å². The SMILES string of the molecule is CC(C)COCC(O)CNC(=O)C(C)c1cccnc1. The summed E-state index contributed by atoms with van der Waals surface area (Å²) in [6.07, 6.45) is 2.66. The van der Waals surface area contributed by atoms with Gasteiger partial charge in [0.2, 0.25) is 5.91 Å². The van der Waals surface area contributed by atoms with E-state index in [2.05, 4.69) is 10.3 Å². The molecular formula is C15H24N2O3. The number of nitrogens with zero attached hydrogens (tertiary/aromatic N) is 1. The first kappa shape index (κ1) is 16.6.